The van der Waals surface area contributed by atoms with Gasteiger partial charge in [-0.3, -0.25) is 4.99 Å². The Morgan fingerprint density at radius 2 is 1.47 bits per heavy atom. The number of nitrogens with zero attached hydrogens (tertiary/aromatic N) is 2. The Bertz CT molecular complexity index is 1930. The third-order valence-corrected chi connectivity index (χ3v) is 12.7. The van der Waals surface area contributed by atoms with Crippen molar-refractivity contribution in [2.45, 2.75) is 108 Å². The summed E-state index contributed by atoms with van der Waals surface area (Å²) in [7, 11) is 2.02. The highest BCUT2D eigenvalue weighted by molar-refractivity contribution is 5.84. The number of imidazole rings is 1. The number of hydrogen-bond acceptors (Lipinski definition) is 4. The van der Waals surface area contributed by atoms with Crippen LogP contribution < -0.4 is 10.6 Å². The summed E-state index contributed by atoms with van der Waals surface area (Å²) in [5, 5.41) is 6.91. The molecule has 1 saturated heterocycles. The normalized spacial score (nSPS) is 26.2. The lowest BCUT2D eigenvalue weighted by Gasteiger charge is -2.27. The molecule has 0 spiro atoms. The number of allylic oxidation sites excluding steroid dienone is 1. The first kappa shape index (κ1) is 31.1. The van der Waals surface area contributed by atoms with E-state index in [0.29, 0.717) is 23.7 Å². The number of hydrogen-bond donors (Lipinski definition) is 3. The van der Waals surface area contributed by atoms with Gasteiger partial charge < -0.3 is 15.6 Å². The van der Waals surface area contributed by atoms with Crippen LogP contribution >= 0.6 is 0 Å². The van der Waals surface area contributed by atoms with Gasteiger partial charge in [-0.05, 0) is 144 Å². The van der Waals surface area contributed by atoms with Gasteiger partial charge in [-0.15, -0.1) is 0 Å². The maximum Gasteiger partial charge on any atom is 0.123 e. The first-order chi connectivity index (χ1) is 24.1. The molecular formula is C44H51N5. The zero-order valence-corrected chi connectivity index (χ0v) is 29.5. The highest BCUT2D eigenvalue weighted by atomic mass is 15.0. The minimum Gasteiger partial charge on any atom is -0.387 e. The van der Waals surface area contributed by atoms with Crippen LogP contribution in [0.2, 0.25) is 0 Å². The zero-order chi connectivity index (χ0) is 33.1. The van der Waals surface area contributed by atoms with E-state index in [1.165, 1.54) is 77.6 Å². The van der Waals surface area contributed by atoms with Gasteiger partial charge in [-0.2, -0.15) is 0 Å². The van der Waals surface area contributed by atoms with Crippen molar-refractivity contribution in [3.05, 3.63) is 100 Å². The molecule has 3 fully saturated rings. The molecule has 9 rings (SSSR count). The molecule has 0 amide bonds. The Balaban J connectivity index is 1.04. The van der Waals surface area contributed by atoms with Crippen LogP contribution in [0.4, 0.5) is 0 Å². The molecule has 1 aromatic heterocycles. The van der Waals surface area contributed by atoms with Crippen LogP contribution in [0.25, 0.3) is 33.5 Å². The van der Waals surface area contributed by atoms with Crippen molar-refractivity contribution < 1.29 is 0 Å². The van der Waals surface area contributed by atoms with Gasteiger partial charge in [-0.1, -0.05) is 68.8 Å². The second kappa shape index (κ2) is 12.7. The lowest BCUT2D eigenvalue weighted by molar-refractivity contribution is 0.518. The van der Waals surface area contributed by atoms with Crippen molar-refractivity contribution in [2.24, 2.45) is 10.9 Å². The molecule has 2 saturated carbocycles. The standard InChI is InChI=1S/C44H51N5/c1-4-5-38(45-3)44-48-25-39(49-44)28-8-6-27(7-9-28)35-16-17-37(43-33-13-12-31(22-33)41(35)43)36-15-14-29(40-30-10-11-32(21-30)42(36)40)18-19-46-24-34-20-26(2)23-47-34/h6-9,14-17,19,24-26,30-33,38,45,47H,4-5,10-13,18,20-23H2,1-3H3,(H,48,49)/b34-24-,46-19?. The van der Waals surface area contributed by atoms with Crippen molar-refractivity contribution in [1.29, 1.82) is 0 Å². The number of H-pyrrole nitrogens is 1. The van der Waals surface area contributed by atoms with E-state index in [2.05, 4.69) is 90.4 Å². The van der Waals surface area contributed by atoms with E-state index in [1.807, 2.05) is 13.2 Å². The molecule has 252 valence electrons. The summed E-state index contributed by atoms with van der Waals surface area (Å²) in [5.74, 6) is 4.56. The summed E-state index contributed by atoms with van der Waals surface area (Å²) >= 11 is 0. The van der Waals surface area contributed by atoms with Gasteiger partial charge in [0.1, 0.15) is 5.82 Å². The Morgan fingerprint density at radius 3 is 2.14 bits per heavy atom. The lowest BCUT2D eigenvalue weighted by atomic mass is 9.77. The van der Waals surface area contributed by atoms with E-state index in [1.54, 1.807) is 22.3 Å². The number of fused-ring (bicyclic) bond motifs is 10. The molecule has 1 aliphatic heterocycles. The Morgan fingerprint density at radius 1 is 0.837 bits per heavy atom. The SMILES string of the molecule is CCCC(NC)c1ncc(-c2ccc(-c3ccc(-c4ccc(CC=N/C=C5/CC(C)CN5)c5c4C4CCC5C4)c4c3C3CCC4C3)cc2)[nH]1. The quantitative estimate of drug-likeness (QED) is 0.150. The van der Waals surface area contributed by atoms with Crippen LogP contribution in [0.5, 0.6) is 0 Å². The zero-order valence-electron chi connectivity index (χ0n) is 29.5. The maximum atomic E-state index is 4.75. The average Bonchev–Trinajstić information content (AvgIpc) is 3.99. The van der Waals surface area contributed by atoms with Crippen LogP contribution in [-0.4, -0.2) is 29.8 Å². The summed E-state index contributed by atoms with van der Waals surface area (Å²) in [6.45, 7) is 5.59. The molecule has 6 unspecified atom stereocenters. The van der Waals surface area contributed by atoms with Gasteiger partial charge in [0.15, 0.2) is 0 Å². The fourth-order valence-corrected chi connectivity index (χ4v) is 10.4. The van der Waals surface area contributed by atoms with Gasteiger partial charge in [0.2, 0.25) is 0 Å². The number of aliphatic imine (C=N–C) groups is 1. The predicted octanol–water partition coefficient (Wildman–Crippen LogP) is 10.3. The lowest BCUT2D eigenvalue weighted by Crippen LogP contribution is -2.17. The largest absolute Gasteiger partial charge is 0.387 e. The minimum absolute atomic E-state index is 0.266. The Kier molecular flexibility index (Phi) is 8.07. The molecule has 4 aromatic rings. The van der Waals surface area contributed by atoms with E-state index in [4.69, 9.17) is 9.98 Å². The predicted molar refractivity (Wildman–Crippen MR) is 202 cm³/mol. The molecule has 3 aromatic carbocycles. The molecule has 5 nitrogen and oxygen atoms in total. The number of aromatic amines is 1. The Labute approximate surface area is 292 Å². The minimum atomic E-state index is 0.266. The molecule has 2 heterocycles. The monoisotopic (exact) mass is 649 g/mol. The maximum absolute atomic E-state index is 4.75. The molecular weight excluding hydrogens is 599 g/mol. The average molecular weight is 650 g/mol. The molecule has 5 heteroatoms. The van der Waals surface area contributed by atoms with E-state index < -0.39 is 0 Å². The molecule has 0 radical (unpaired) electrons. The fraction of sp³-hybridized carbons (Fsp3) is 0.455. The molecule has 4 aliphatic carbocycles. The highest BCUT2D eigenvalue weighted by Gasteiger charge is 2.43. The first-order valence-corrected chi connectivity index (χ1v) is 19.2. The van der Waals surface area contributed by atoms with Gasteiger partial charge in [-0.25, -0.2) is 4.98 Å². The molecule has 49 heavy (non-hydrogen) atoms. The van der Waals surface area contributed by atoms with Crippen LogP contribution in [0.3, 0.4) is 0 Å². The van der Waals surface area contributed by atoms with Crippen molar-refractivity contribution in [3.8, 4) is 33.5 Å². The van der Waals surface area contributed by atoms with Gasteiger partial charge >= 0.3 is 0 Å². The van der Waals surface area contributed by atoms with E-state index in [9.17, 15) is 0 Å². The van der Waals surface area contributed by atoms with Crippen molar-refractivity contribution in [3.63, 3.8) is 0 Å². The van der Waals surface area contributed by atoms with E-state index >= 15 is 0 Å². The highest BCUT2D eigenvalue weighted by Crippen LogP contribution is 2.61. The summed E-state index contributed by atoms with van der Waals surface area (Å²) in [5.41, 5.74) is 17.6. The van der Waals surface area contributed by atoms with Crippen LogP contribution in [0, 0.1) is 5.92 Å². The van der Waals surface area contributed by atoms with Gasteiger partial charge in [0, 0.05) is 31.1 Å². The van der Waals surface area contributed by atoms with E-state index in [0.717, 1.165) is 49.7 Å². The summed E-state index contributed by atoms with van der Waals surface area (Å²) < 4.78 is 0. The molecule has 5 aliphatic rings. The fourth-order valence-electron chi connectivity index (χ4n) is 10.4. The van der Waals surface area contributed by atoms with Gasteiger partial charge in [0.05, 0.1) is 17.9 Å². The van der Waals surface area contributed by atoms with Crippen molar-refractivity contribution in [1.82, 2.24) is 20.6 Å². The first-order valence-electron chi connectivity index (χ1n) is 19.2. The number of rotatable bonds is 10. The van der Waals surface area contributed by atoms with Gasteiger partial charge in [0.25, 0.3) is 0 Å². The number of aromatic nitrogens is 2. The third kappa shape index (κ3) is 5.40. The number of nitrogens with one attached hydrogen (secondary N) is 3. The van der Waals surface area contributed by atoms with Crippen LogP contribution in [0.1, 0.15) is 135 Å². The summed E-state index contributed by atoms with van der Waals surface area (Å²) in [6, 6.07) is 19.4. The van der Waals surface area contributed by atoms with Crippen LogP contribution in [0.15, 0.2) is 71.6 Å². The summed E-state index contributed by atoms with van der Waals surface area (Å²) in [6.07, 6.45) is 18.5. The Hall–Kier alpha value is -3.96. The second-order valence-corrected chi connectivity index (χ2v) is 15.8. The molecule has 6 atom stereocenters. The number of benzene rings is 3. The summed E-state index contributed by atoms with van der Waals surface area (Å²) in [4.78, 5) is 13.1. The van der Waals surface area contributed by atoms with Crippen molar-refractivity contribution in [2.75, 3.05) is 13.6 Å². The smallest absolute Gasteiger partial charge is 0.123 e. The molecule has 3 N–H and O–H groups in total. The van der Waals surface area contributed by atoms with E-state index in [-0.39, 0.29) is 6.04 Å². The van der Waals surface area contributed by atoms with Crippen LogP contribution in [-0.2, 0) is 6.42 Å². The third-order valence-electron chi connectivity index (χ3n) is 12.7. The molecule has 4 bridgehead atoms. The second-order valence-electron chi connectivity index (χ2n) is 15.8. The topological polar surface area (TPSA) is 65.1 Å². The van der Waals surface area contributed by atoms with Crippen molar-refractivity contribution >= 4 is 6.21 Å².